The molecule has 0 aliphatic rings. The van der Waals surface area contributed by atoms with Crippen LogP contribution in [-0.2, 0) is 0 Å². The molecular weight excluding hydrogens is 268 g/mol. The highest BCUT2D eigenvalue weighted by atomic mass is 16.5. The van der Waals surface area contributed by atoms with E-state index in [0.29, 0.717) is 23.0 Å². The van der Waals surface area contributed by atoms with Crippen LogP contribution in [-0.4, -0.2) is 30.3 Å². The van der Waals surface area contributed by atoms with Crippen LogP contribution in [0.25, 0.3) is 0 Å². The second kappa shape index (κ2) is 6.60. The van der Waals surface area contributed by atoms with Crippen molar-refractivity contribution in [2.45, 2.75) is 6.92 Å². The monoisotopic (exact) mass is 284 g/mol. The average Bonchev–Trinajstić information content (AvgIpc) is 2.47. The number of hydrogen-bond donors (Lipinski definition) is 0. The molecule has 108 valence electrons. The fourth-order valence-corrected chi connectivity index (χ4v) is 1.64. The molecule has 0 N–H and O–H groups in total. The second-order valence-electron chi connectivity index (χ2n) is 4.70. The van der Waals surface area contributed by atoms with Gasteiger partial charge in [0.2, 0.25) is 0 Å². The SMILES string of the molecule is Cc1cc(N=O)ccc1Oc1ccnc(/N=C/N(C)C)c1. The summed E-state index contributed by atoms with van der Waals surface area (Å²) < 4.78 is 5.78. The minimum absolute atomic E-state index is 0.380. The van der Waals surface area contributed by atoms with E-state index in [1.165, 1.54) is 0 Å². The summed E-state index contributed by atoms with van der Waals surface area (Å²) in [6.45, 7) is 1.86. The second-order valence-corrected chi connectivity index (χ2v) is 4.70. The predicted octanol–water partition coefficient (Wildman–Crippen LogP) is 3.80. The first-order valence-corrected chi connectivity index (χ1v) is 6.37. The fraction of sp³-hybridized carbons (Fsp3) is 0.200. The highest BCUT2D eigenvalue weighted by molar-refractivity contribution is 5.59. The summed E-state index contributed by atoms with van der Waals surface area (Å²) in [5, 5.41) is 2.90. The van der Waals surface area contributed by atoms with E-state index in [2.05, 4.69) is 15.2 Å². The lowest BCUT2D eigenvalue weighted by Crippen LogP contribution is -2.07. The van der Waals surface area contributed by atoms with Crippen molar-refractivity contribution in [1.29, 1.82) is 0 Å². The predicted molar refractivity (Wildman–Crippen MR) is 82.8 cm³/mol. The van der Waals surface area contributed by atoms with E-state index in [1.807, 2.05) is 25.9 Å². The van der Waals surface area contributed by atoms with E-state index in [0.717, 1.165) is 5.56 Å². The zero-order valence-electron chi connectivity index (χ0n) is 12.1. The van der Waals surface area contributed by atoms with Crippen LogP contribution in [0.1, 0.15) is 5.56 Å². The summed E-state index contributed by atoms with van der Waals surface area (Å²) in [5.74, 6) is 1.85. The zero-order valence-corrected chi connectivity index (χ0v) is 12.1. The summed E-state index contributed by atoms with van der Waals surface area (Å²) in [4.78, 5) is 20.7. The molecule has 2 rings (SSSR count). The van der Waals surface area contributed by atoms with Crippen molar-refractivity contribution < 1.29 is 4.74 Å². The van der Waals surface area contributed by atoms with Crippen LogP contribution in [0.4, 0.5) is 11.5 Å². The highest BCUT2D eigenvalue weighted by Crippen LogP contribution is 2.29. The summed E-state index contributed by atoms with van der Waals surface area (Å²) in [6.07, 6.45) is 3.30. The Morgan fingerprint density at radius 1 is 1.24 bits per heavy atom. The van der Waals surface area contributed by atoms with Gasteiger partial charge in [0.05, 0.1) is 6.34 Å². The number of nitrogens with zero attached hydrogens (tertiary/aromatic N) is 4. The van der Waals surface area contributed by atoms with Gasteiger partial charge in [0, 0.05) is 26.4 Å². The van der Waals surface area contributed by atoms with Crippen LogP contribution in [0.15, 0.2) is 46.7 Å². The minimum atomic E-state index is 0.380. The van der Waals surface area contributed by atoms with E-state index >= 15 is 0 Å². The van der Waals surface area contributed by atoms with Crippen LogP contribution < -0.4 is 4.74 Å². The van der Waals surface area contributed by atoms with E-state index < -0.39 is 0 Å². The summed E-state index contributed by atoms with van der Waals surface area (Å²) in [7, 11) is 3.77. The van der Waals surface area contributed by atoms with Crippen molar-refractivity contribution in [2.75, 3.05) is 14.1 Å². The van der Waals surface area contributed by atoms with Gasteiger partial charge in [-0.3, -0.25) is 0 Å². The van der Waals surface area contributed by atoms with Crippen LogP contribution in [0.3, 0.4) is 0 Å². The molecule has 0 unspecified atom stereocenters. The average molecular weight is 284 g/mol. The highest BCUT2D eigenvalue weighted by Gasteiger charge is 2.04. The van der Waals surface area contributed by atoms with Gasteiger partial charge in [-0.15, -0.1) is 4.91 Å². The van der Waals surface area contributed by atoms with Crippen molar-refractivity contribution in [3.8, 4) is 11.5 Å². The Morgan fingerprint density at radius 3 is 2.71 bits per heavy atom. The van der Waals surface area contributed by atoms with Crippen molar-refractivity contribution >= 4 is 17.8 Å². The van der Waals surface area contributed by atoms with E-state index in [9.17, 15) is 4.91 Å². The largest absolute Gasteiger partial charge is 0.457 e. The molecular formula is C15H16N4O2. The molecule has 1 aromatic carbocycles. The van der Waals surface area contributed by atoms with E-state index in [-0.39, 0.29) is 0 Å². The Hall–Kier alpha value is -2.76. The molecule has 0 fully saturated rings. The first-order chi connectivity index (χ1) is 10.1. The number of hydrogen-bond acceptors (Lipinski definition) is 5. The fourth-order valence-electron chi connectivity index (χ4n) is 1.64. The molecule has 6 nitrogen and oxygen atoms in total. The third-order valence-electron chi connectivity index (χ3n) is 2.63. The maximum absolute atomic E-state index is 10.5. The Labute approximate surface area is 123 Å². The molecule has 6 heteroatoms. The molecule has 1 heterocycles. The summed E-state index contributed by atoms with van der Waals surface area (Å²) in [6, 6.07) is 8.50. The van der Waals surface area contributed by atoms with Gasteiger partial charge in [-0.25, -0.2) is 9.98 Å². The summed E-state index contributed by atoms with van der Waals surface area (Å²) in [5.41, 5.74) is 1.22. The lowest BCUT2D eigenvalue weighted by atomic mass is 10.2. The third kappa shape index (κ3) is 4.10. The normalized spacial score (nSPS) is 10.6. The molecule has 21 heavy (non-hydrogen) atoms. The molecule has 0 amide bonds. The number of ether oxygens (including phenoxy) is 1. The van der Waals surface area contributed by atoms with Crippen LogP contribution in [0, 0.1) is 11.8 Å². The molecule has 2 aromatic rings. The van der Waals surface area contributed by atoms with Crippen molar-refractivity contribution in [3.05, 3.63) is 47.0 Å². The van der Waals surface area contributed by atoms with Gasteiger partial charge in [0.15, 0.2) is 5.82 Å². The molecule has 0 saturated carbocycles. The number of aliphatic imine (C=N–C) groups is 1. The molecule has 1 aromatic heterocycles. The molecule has 0 bridgehead atoms. The van der Waals surface area contributed by atoms with Gasteiger partial charge in [0.1, 0.15) is 17.2 Å². The quantitative estimate of drug-likeness (QED) is 0.476. The maximum atomic E-state index is 10.5. The van der Waals surface area contributed by atoms with Gasteiger partial charge in [0.25, 0.3) is 0 Å². The number of aromatic nitrogens is 1. The molecule has 0 atom stereocenters. The number of rotatable bonds is 5. The van der Waals surface area contributed by atoms with Gasteiger partial charge in [-0.05, 0) is 41.9 Å². The lowest BCUT2D eigenvalue weighted by molar-refractivity contribution is 0.478. The standard InChI is InChI=1S/C15H16N4O2/c1-11-8-12(18-20)4-5-14(11)21-13-6-7-16-15(9-13)17-10-19(2)3/h4-10H,1-3H3/b17-10+. The Kier molecular flexibility index (Phi) is 4.61. The van der Waals surface area contributed by atoms with Gasteiger partial charge in [-0.1, -0.05) is 0 Å². The molecule has 0 saturated heterocycles. The molecule has 0 aliphatic heterocycles. The van der Waals surface area contributed by atoms with Crippen molar-refractivity contribution in [2.24, 2.45) is 10.2 Å². The maximum Gasteiger partial charge on any atom is 0.157 e. The zero-order chi connectivity index (χ0) is 15.2. The van der Waals surface area contributed by atoms with Crippen LogP contribution in [0.5, 0.6) is 11.5 Å². The smallest absolute Gasteiger partial charge is 0.157 e. The van der Waals surface area contributed by atoms with Gasteiger partial charge < -0.3 is 9.64 Å². The first-order valence-electron chi connectivity index (χ1n) is 6.37. The van der Waals surface area contributed by atoms with Crippen molar-refractivity contribution in [3.63, 3.8) is 0 Å². The van der Waals surface area contributed by atoms with Gasteiger partial charge >= 0.3 is 0 Å². The van der Waals surface area contributed by atoms with Crippen LogP contribution >= 0.6 is 0 Å². The van der Waals surface area contributed by atoms with E-state index in [1.54, 1.807) is 42.9 Å². The minimum Gasteiger partial charge on any atom is -0.457 e. The number of pyridine rings is 1. The first kappa shape index (κ1) is 14.6. The van der Waals surface area contributed by atoms with Gasteiger partial charge in [-0.2, -0.15) is 0 Å². The summed E-state index contributed by atoms with van der Waals surface area (Å²) >= 11 is 0. The Balaban J connectivity index is 2.20. The third-order valence-corrected chi connectivity index (χ3v) is 2.63. The van der Waals surface area contributed by atoms with E-state index in [4.69, 9.17) is 4.74 Å². The molecule has 0 spiro atoms. The number of benzene rings is 1. The van der Waals surface area contributed by atoms with Crippen molar-refractivity contribution in [1.82, 2.24) is 9.88 Å². The number of aryl methyl sites for hydroxylation is 1. The Morgan fingerprint density at radius 2 is 2.05 bits per heavy atom. The van der Waals surface area contributed by atoms with Crippen LogP contribution in [0.2, 0.25) is 0 Å². The lowest BCUT2D eigenvalue weighted by Gasteiger charge is -2.09. The molecule has 0 radical (unpaired) electrons. The topological polar surface area (TPSA) is 67.1 Å². The Bertz CT molecular complexity index is 668. The molecule has 0 aliphatic carbocycles. The number of nitroso groups, excluding NO2 is 1.